The van der Waals surface area contributed by atoms with E-state index in [9.17, 15) is 19.8 Å². The number of anilines is 2. The number of benzene rings is 1. The number of carbonyl (C=O) groups is 2. The Morgan fingerprint density at radius 1 is 1.04 bits per heavy atom. The Morgan fingerprint density at radius 2 is 1.80 bits per heavy atom. The highest BCUT2D eigenvalue weighted by molar-refractivity contribution is 8.00. The number of aliphatic carboxylic acids is 2. The number of hydrogen-bond donors (Lipinski definition) is 7. The van der Waals surface area contributed by atoms with Crippen molar-refractivity contribution in [1.29, 1.82) is 0 Å². The van der Waals surface area contributed by atoms with E-state index in [0.717, 1.165) is 98.5 Å². The summed E-state index contributed by atoms with van der Waals surface area (Å²) in [6, 6.07) is 7.18. The number of nitrogen functional groups attached to an aromatic ring is 1. The molecule has 1 saturated heterocycles. The summed E-state index contributed by atoms with van der Waals surface area (Å²) in [4.78, 5) is 36.1. The van der Waals surface area contributed by atoms with Gasteiger partial charge in [-0.05, 0) is 24.1 Å². The van der Waals surface area contributed by atoms with Gasteiger partial charge >= 0.3 is 11.9 Å². The molecule has 4 rings (SSSR count). The molecule has 270 valence electrons. The summed E-state index contributed by atoms with van der Waals surface area (Å²) in [5.41, 5.74) is 15.4. The van der Waals surface area contributed by atoms with E-state index in [1.54, 1.807) is 7.11 Å². The molecule has 0 radical (unpaired) electrons. The van der Waals surface area contributed by atoms with E-state index in [4.69, 9.17) is 21.3 Å². The molecule has 1 aliphatic rings. The summed E-state index contributed by atoms with van der Waals surface area (Å²) >= 11 is 0.924. The maximum absolute atomic E-state index is 11.5. The normalized spacial score (nSPS) is 16.0. The molecule has 15 nitrogen and oxygen atoms in total. The number of unbranched alkanes of at least 4 members (excludes halogenated alkanes) is 2. The molecule has 0 amide bonds. The highest BCUT2D eigenvalue weighted by atomic mass is 32.2. The number of aliphatic hydroxyl groups excluding tert-OH is 1. The monoisotopic (exact) mass is 701 g/mol. The number of carboxylic acids is 2. The summed E-state index contributed by atoms with van der Waals surface area (Å²) in [7, 11) is 1.69. The summed E-state index contributed by atoms with van der Waals surface area (Å²) in [5.74, 6) is -0.525. The second kappa shape index (κ2) is 18.9. The van der Waals surface area contributed by atoms with Gasteiger partial charge in [0.2, 0.25) is 5.95 Å². The van der Waals surface area contributed by atoms with Crippen molar-refractivity contribution in [2.24, 2.45) is 5.73 Å². The Labute approximate surface area is 291 Å². The molecule has 3 aromatic rings. The second-order valence-electron chi connectivity index (χ2n) is 12.3. The zero-order valence-corrected chi connectivity index (χ0v) is 29.2. The summed E-state index contributed by atoms with van der Waals surface area (Å²) in [6.07, 6.45) is 4.28. The van der Waals surface area contributed by atoms with E-state index >= 15 is 0 Å². The maximum Gasteiger partial charge on any atom is 0.321 e. The van der Waals surface area contributed by atoms with Crippen LogP contribution in [0.5, 0.6) is 5.75 Å². The molecule has 0 saturated carbocycles. The zero-order valence-electron chi connectivity index (χ0n) is 28.4. The summed E-state index contributed by atoms with van der Waals surface area (Å²) in [5, 5.41) is 34.2. The van der Waals surface area contributed by atoms with Crippen molar-refractivity contribution >= 4 is 46.5 Å². The van der Waals surface area contributed by atoms with Crippen LogP contribution in [0, 0.1) is 0 Å². The summed E-state index contributed by atoms with van der Waals surface area (Å²) < 4.78 is 7.96. The number of piperazine rings is 1. The largest absolute Gasteiger partial charge is 0.496 e. The van der Waals surface area contributed by atoms with Gasteiger partial charge in [-0.25, -0.2) is 4.98 Å². The third kappa shape index (κ3) is 11.4. The van der Waals surface area contributed by atoms with Crippen LogP contribution < -0.4 is 26.8 Å². The Bertz CT molecular complexity index is 1520. The van der Waals surface area contributed by atoms with Crippen molar-refractivity contribution in [3.63, 3.8) is 0 Å². The predicted octanol–water partition coefficient (Wildman–Crippen LogP) is 1.69. The van der Waals surface area contributed by atoms with Gasteiger partial charge in [0, 0.05) is 76.3 Å². The minimum absolute atomic E-state index is 0.0461. The number of nitrogens with one attached hydrogen (secondary N) is 2. The molecule has 0 spiro atoms. The van der Waals surface area contributed by atoms with Gasteiger partial charge in [-0.2, -0.15) is 4.98 Å². The van der Waals surface area contributed by atoms with Crippen LogP contribution in [0.25, 0.3) is 11.0 Å². The van der Waals surface area contributed by atoms with Crippen molar-refractivity contribution in [1.82, 2.24) is 29.7 Å². The zero-order chi connectivity index (χ0) is 35.3. The lowest BCUT2D eigenvalue weighted by molar-refractivity contribution is -0.138. The van der Waals surface area contributed by atoms with Crippen LogP contribution in [0.1, 0.15) is 43.7 Å². The highest BCUT2D eigenvalue weighted by Crippen LogP contribution is 2.28. The van der Waals surface area contributed by atoms with Crippen molar-refractivity contribution in [3.8, 4) is 5.75 Å². The number of rotatable bonds is 21. The molecule has 1 fully saturated rings. The summed E-state index contributed by atoms with van der Waals surface area (Å²) in [6.45, 7) is 9.13. The average molecular weight is 702 g/mol. The quantitative estimate of drug-likeness (QED) is 0.0621. The predicted molar refractivity (Wildman–Crippen MR) is 192 cm³/mol. The van der Waals surface area contributed by atoms with Crippen molar-refractivity contribution in [3.05, 3.63) is 41.6 Å². The fourth-order valence-corrected chi connectivity index (χ4v) is 6.84. The van der Waals surface area contributed by atoms with E-state index in [0.29, 0.717) is 19.6 Å². The topological polar surface area (TPSA) is 217 Å². The van der Waals surface area contributed by atoms with Crippen LogP contribution in [-0.4, -0.2) is 128 Å². The second-order valence-corrected chi connectivity index (χ2v) is 13.6. The Balaban J connectivity index is 1.25. The first-order valence-corrected chi connectivity index (χ1v) is 17.8. The molecule has 49 heavy (non-hydrogen) atoms. The molecule has 3 heterocycles. The smallest absolute Gasteiger partial charge is 0.321 e. The Hall–Kier alpha value is -3.67. The van der Waals surface area contributed by atoms with E-state index in [1.807, 2.05) is 12.3 Å². The average Bonchev–Trinajstić information content (AvgIpc) is 3.48. The molecule has 9 N–H and O–H groups in total. The van der Waals surface area contributed by atoms with Gasteiger partial charge in [-0.3, -0.25) is 24.7 Å². The molecule has 0 aliphatic carbocycles. The van der Waals surface area contributed by atoms with Gasteiger partial charge in [-0.1, -0.05) is 31.9 Å². The number of nitrogens with two attached hydrogens (primary N) is 2. The Kier molecular flexibility index (Phi) is 14.7. The molecule has 0 bridgehead atoms. The fraction of sp³-hybridized carbons (Fsp3) is 0.576. The van der Waals surface area contributed by atoms with Gasteiger partial charge in [-0.15, -0.1) is 11.8 Å². The van der Waals surface area contributed by atoms with E-state index in [-0.39, 0.29) is 18.1 Å². The lowest BCUT2D eigenvalue weighted by atomic mass is 10.1. The lowest BCUT2D eigenvalue weighted by Gasteiger charge is -2.35. The third-order valence-corrected chi connectivity index (χ3v) is 9.93. The third-order valence-electron chi connectivity index (χ3n) is 8.58. The first-order chi connectivity index (χ1) is 23.6. The molecule has 1 aromatic carbocycles. The number of carboxylic acid groups (broad SMARTS) is 2. The van der Waals surface area contributed by atoms with Crippen LogP contribution in [0.4, 0.5) is 11.8 Å². The molecule has 1 aliphatic heterocycles. The number of ether oxygens (including phenoxy) is 1. The number of fused-ring (bicyclic) bond motifs is 1. The van der Waals surface area contributed by atoms with E-state index < -0.39 is 29.5 Å². The van der Waals surface area contributed by atoms with Gasteiger partial charge in [0.05, 0.1) is 19.2 Å². The minimum atomic E-state index is -1.19. The van der Waals surface area contributed by atoms with Gasteiger partial charge in [0.25, 0.3) is 0 Å². The molecule has 3 atom stereocenters. The number of nitrogens with zero attached hydrogens (tertiary/aromatic N) is 5. The molecule has 2 unspecified atom stereocenters. The number of aromatic nitrogens is 3. The van der Waals surface area contributed by atoms with Crippen LogP contribution in [0.3, 0.4) is 0 Å². The standard InChI is InChI=1S/C33H51N9O6S/c1-3-4-5-9-37-30-29-25(38-33(35)39-30)8-11-42(29)20-23-7-6-22(17-26(23)48-2)19-41-15-13-40(14-16-41)12-10-36-28(43)18-27(32(46)47)49-21-24(34)31(44)45/h6-8,11,17,24,27-28,36,43H,3-5,9-10,12-16,18-21,34H2,1-2H3,(H,44,45)(H,46,47)(H3,35,37,38,39)/t24-,27?,28?/m0/s1. The van der Waals surface area contributed by atoms with Crippen LogP contribution in [0.15, 0.2) is 30.5 Å². The first kappa shape index (κ1) is 38.1. The Morgan fingerprint density at radius 3 is 2.49 bits per heavy atom. The fourth-order valence-electron chi connectivity index (χ4n) is 5.80. The lowest BCUT2D eigenvalue weighted by Crippen LogP contribution is -2.48. The maximum atomic E-state index is 11.5. The molecular weight excluding hydrogens is 650 g/mol. The molecule has 2 aromatic heterocycles. The number of thioether (sulfide) groups is 1. The van der Waals surface area contributed by atoms with Gasteiger partial charge in [0.15, 0.2) is 5.82 Å². The SMILES string of the molecule is CCCCCNc1nc(N)nc2ccn(Cc3ccc(CN4CCN(CCNC(O)CC(SC[C@H](N)C(=O)O)C(=O)O)CC4)cc3OC)c12. The number of hydrogen-bond acceptors (Lipinski definition) is 13. The number of methoxy groups -OCH3 is 1. The van der Waals surface area contributed by atoms with Gasteiger partial charge in [0.1, 0.15) is 28.8 Å². The molecular formula is C33H51N9O6S. The first-order valence-electron chi connectivity index (χ1n) is 16.8. The minimum Gasteiger partial charge on any atom is -0.496 e. The number of aliphatic hydroxyl groups is 1. The highest BCUT2D eigenvalue weighted by Gasteiger charge is 2.25. The van der Waals surface area contributed by atoms with Crippen LogP contribution in [0.2, 0.25) is 0 Å². The van der Waals surface area contributed by atoms with E-state index in [2.05, 4.69) is 60.1 Å². The van der Waals surface area contributed by atoms with Crippen molar-refractivity contribution in [2.75, 3.05) is 69.7 Å². The van der Waals surface area contributed by atoms with Crippen molar-refractivity contribution in [2.45, 2.75) is 63.2 Å². The van der Waals surface area contributed by atoms with E-state index in [1.165, 1.54) is 5.56 Å². The molecule has 16 heteroatoms. The van der Waals surface area contributed by atoms with Gasteiger partial charge < -0.3 is 41.4 Å². The van der Waals surface area contributed by atoms with Crippen molar-refractivity contribution < 1.29 is 29.6 Å². The van der Waals surface area contributed by atoms with Crippen LogP contribution >= 0.6 is 11.8 Å². The van der Waals surface area contributed by atoms with Crippen LogP contribution in [-0.2, 0) is 22.7 Å².